The third kappa shape index (κ3) is 1.91. The van der Waals surface area contributed by atoms with Crippen LogP contribution in [0, 0.1) is 17.8 Å². The molecule has 0 aromatic heterocycles. The number of hydrogen-bond donors (Lipinski definition) is 1. The first kappa shape index (κ1) is 12.9. The number of nitrogens with zero attached hydrogens (tertiary/aromatic N) is 1. The summed E-state index contributed by atoms with van der Waals surface area (Å²) < 4.78 is 5.79. The zero-order chi connectivity index (χ0) is 12.8. The van der Waals surface area contributed by atoms with Gasteiger partial charge >= 0.3 is 0 Å². The summed E-state index contributed by atoms with van der Waals surface area (Å²) in [7, 11) is 2.27. The van der Waals surface area contributed by atoms with E-state index in [1.807, 2.05) is 0 Å². The third-order valence-electron chi connectivity index (χ3n) is 6.17. The minimum atomic E-state index is 0.0990. The van der Waals surface area contributed by atoms with Gasteiger partial charge in [0.05, 0.1) is 11.6 Å². The largest absolute Gasteiger partial charge is 0.376 e. The molecule has 1 heterocycles. The van der Waals surface area contributed by atoms with Crippen molar-refractivity contribution in [2.75, 3.05) is 26.7 Å². The number of ether oxygens (including phenoxy) is 1. The van der Waals surface area contributed by atoms with Crippen molar-refractivity contribution in [3.8, 4) is 0 Å². The van der Waals surface area contributed by atoms with Crippen LogP contribution in [-0.2, 0) is 4.74 Å². The summed E-state index contributed by atoms with van der Waals surface area (Å²) in [4.78, 5) is 2.54. The molecule has 2 aliphatic carbocycles. The minimum absolute atomic E-state index is 0.0990. The molecule has 3 nitrogen and oxygen atoms in total. The number of fused-ring (bicyclic) bond motifs is 2. The number of rotatable bonds is 4. The quantitative estimate of drug-likeness (QED) is 0.830. The fourth-order valence-corrected chi connectivity index (χ4v) is 4.83. The Hall–Kier alpha value is -0.120. The van der Waals surface area contributed by atoms with Crippen molar-refractivity contribution in [1.29, 1.82) is 0 Å². The van der Waals surface area contributed by atoms with Gasteiger partial charge in [-0.1, -0.05) is 6.42 Å². The van der Waals surface area contributed by atoms with E-state index in [9.17, 15) is 0 Å². The number of likely N-dealkylation sites (N-methyl/N-ethyl adjacent to an activating group) is 1. The number of nitrogens with two attached hydrogens (primary N) is 1. The molecule has 1 aliphatic heterocycles. The van der Waals surface area contributed by atoms with E-state index < -0.39 is 0 Å². The van der Waals surface area contributed by atoms with Crippen LogP contribution in [0.3, 0.4) is 0 Å². The topological polar surface area (TPSA) is 38.5 Å². The highest BCUT2D eigenvalue weighted by atomic mass is 16.5. The summed E-state index contributed by atoms with van der Waals surface area (Å²) in [6, 6.07) is 0. The van der Waals surface area contributed by atoms with Gasteiger partial charge in [-0.2, -0.15) is 0 Å². The maximum atomic E-state index is 6.09. The van der Waals surface area contributed by atoms with Crippen LogP contribution in [0.15, 0.2) is 0 Å². The first-order chi connectivity index (χ1) is 8.65. The Balaban J connectivity index is 1.65. The molecule has 3 fully saturated rings. The second kappa shape index (κ2) is 4.77. The smallest absolute Gasteiger partial charge is 0.0743 e. The Morgan fingerprint density at radius 3 is 2.67 bits per heavy atom. The zero-order valence-corrected chi connectivity index (χ0v) is 11.9. The normalized spacial score (nSPS) is 47.3. The maximum Gasteiger partial charge on any atom is 0.0743 e. The predicted molar refractivity (Wildman–Crippen MR) is 73.4 cm³/mol. The third-order valence-corrected chi connectivity index (χ3v) is 6.17. The van der Waals surface area contributed by atoms with Crippen molar-refractivity contribution in [3.05, 3.63) is 0 Å². The number of hydrogen-bond acceptors (Lipinski definition) is 3. The second-order valence-corrected chi connectivity index (χ2v) is 6.89. The fraction of sp³-hybridized carbons (Fsp3) is 1.00. The van der Waals surface area contributed by atoms with Crippen molar-refractivity contribution in [2.24, 2.45) is 23.5 Å². The highest BCUT2D eigenvalue weighted by Crippen LogP contribution is 2.49. The van der Waals surface area contributed by atoms with Crippen molar-refractivity contribution in [3.63, 3.8) is 0 Å². The van der Waals surface area contributed by atoms with Crippen LogP contribution >= 0.6 is 0 Å². The van der Waals surface area contributed by atoms with Crippen molar-refractivity contribution >= 4 is 0 Å². The summed E-state index contributed by atoms with van der Waals surface area (Å²) in [6.45, 7) is 5.02. The summed E-state index contributed by atoms with van der Waals surface area (Å²) in [5.74, 6) is 2.97. The molecule has 104 valence electrons. The summed E-state index contributed by atoms with van der Waals surface area (Å²) in [5.41, 5.74) is 6.19. The van der Waals surface area contributed by atoms with Gasteiger partial charge in [0.15, 0.2) is 0 Å². The molecule has 3 rings (SSSR count). The van der Waals surface area contributed by atoms with Crippen LogP contribution in [0.5, 0.6) is 0 Å². The van der Waals surface area contributed by atoms with E-state index in [2.05, 4.69) is 18.9 Å². The highest BCUT2D eigenvalue weighted by molar-refractivity contribution is 5.01. The molecular weight excluding hydrogens is 224 g/mol. The zero-order valence-electron chi connectivity index (χ0n) is 11.9. The molecule has 0 spiro atoms. The molecule has 1 saturated heterocycles. The van der Waals surface area contributed by atoms with Crippen LogP contribution in [0.4, 0.5) is 0 Å². The molecule has 2 saturated carbocycles. The van der Waals surface area contributed by atoms with Gasteiger partial charge in [0.25, 0.3) is 0 Å². The van der Waals surface area contributed by atoms with Gasteiger partial charge in [-0.25, -0.2) is 0 Å². The second-order valence-electron chi connectivity index (χ2n) is 6.89. The van der Waals surface area contributed by atoms with Crippen LogP contribution < -0.4 is 5.73 Å². The average Bonchev–Trinajstić information content (AvgIpc) is 3.04. The predicted octanol–water partition coefficient (Wildman–Crippen LogP) is 1.86. The molecule has 3 heteroatoms. The average molecular weight is 252 g/mol. The standard InChI is InChI=1S/C15H28N2O/c1-11-15(10-16,5-6-18-11)17(2)9-14-8-12-3-4-13(14)7-12/h11-14H,3-10,16H2,1-2H3. The lowest BCUT2D eigenvalue weighted by Gasteiger charge is -2.42. The molecule has 0 radical (unpaired) electrons. The molecular formula is C15H28N2O. The summed E-state index contributed by atoms with van der Waals surface area (Å²) >= 11 is 0. The van der Waals surface area contributed by atoms with E-state index in [1.165, 1.54) is 32.2 Å². The Bertz CT molecular complexity index is 309. The van der Waals surface area contributed by atoms with E-state index in [-0.39, 0.29) is 11.6 Å². The molecule has 0 aromatic carbocycles. The Kier molecular flexibility index (Phi) is 3.41. The molecule has 18 heavy (non-hydrogen) atoms. The van der Waals surface area contributed by atoms with Gasteiger partial charge in [-0.05, 0) is 57.4 Å². The van der Waals surface area contributed by atoms with Gasteiger partial charge in [-0.15, -0.1) is 0 Å². The Morgan fingerprint density at radius 1 is 1.33 bits per heavy atom. The molecule has 2 bridgehead atoms. The summed E-state index contributed by atoms with van der Waals surface area (Å²) in [5, 5.41) is 0. The summed E-state index contributed by atoms with van der Waals surface area (Å²) in [6.07, 6.45) is 7.32. The highest BCUT2D eigenvalue weighted by Gasteiger charge is 2.46. The van der Waals surface area contributed by atoms with E-state index in [0.717, 1.165) is 37.3 Å². The monoisotopic (exact) mass is 252 g/mol. The minimum Gasteiger partial charge on any atom is -0.376 e. The Morgan fingerprint density at radius 2 is 2.17 bits per heavy atom. The van der Waals surface area contributed by atoms with Gasteiger partial charge < -0.3 is 10.5 Å². The van der Waals surface area contributed by atoms with Crippen LogP contribution in [-0.4, -0.2) is 43.3 Å². The van der Waals surface area contributed by atoms with Gasteiger partial charge in [-0.3, -0.25) is 4.90 Å². The molecule has 0 amide bonds. The van der Waals surface area contributed by atoms with E-state index >= 15 is 0 Å². The van der Waals surface area contributed by atoms with Crippen molar-refractivity contribution in [2.45, 2.75) is 50.7 Å². The van der Waals surface area contributed by atoms with Crippen LogP contribution in [0.2, 0.25) is 0 Å². The molecule has 5 unspecified atom stereocenters. The van der Waals surface area contributed by atoms with Crippen molar-refractivity contribution < 1.29 is 4.74 Å². The van der Waals surface area contributed by atoms with Gasteiger partial charge in [0.2, 0.25) is 0 Å². The lowest BCUT2D eigenvalue weighted by molar-refractivity contribution is 0.0166. The van der Waals surface area contributed by atoms with Gasteiger partial charge in [0.1, 0.15) is 0 Å². The van der Waals surface area contributed by atoms with E-state index in [1.54, 1.807) is 0 Å². The van der Waals surface area contributed by atoms with E-state index in [4.69, 9.17) is 10.5 Å². The van der Waals surface area contributed by atoms with Gasteiger partial charge in [0, 0.05) is 19.7 Å². The first-order valence-corrected chi connectivity index (χ1v) is 7.68. The first-order valence-electron chi connectivity index (χ1n) is 7.68. The Labute approximate surface area is 111 Å². The van der Waals surface area contributed by atoms with Crippen molar-refractivity contribution in [1.82, 2.24) is 4.90 Å². The molecule has 5 atom stereocenters. The maximum absolute atomic E-state index is 6.09. The molecule has 2 N–H and O–H groups in total. The van der Waals surface area contributed by atoms with E-state index in [0.29, 0.717) is 0 Å². The lowest BCUT2D eigenvalue weighted by atomic mass is 9.85. The van der Waals surface area contributed by atoms with Crippen LogP contribution in [0.25, 0.3) is 0 Å². The SMILES string of the molecule is CC1OCCC1(CN)N(C)CC1CC2CCC1C2. The van der Waals surface area contributed by atoms with Crippen LogP contribution in [0.1, 0.15) is 39.0 Å². The molecule has 0 aromatic rings. The molecule has 3 aliphatic rings. The fourth-order valence-electron chi connectivity index (χ4n) is 4.83. The lowest BCUT2D eigenvalue weighted by Crippen LogP contribution is -2.57.